The van der Waals surface area contributed by atoms with E-state index in [-0.39, 0.29) is 10.8 Å². The summed E-state index contributed by atoms with van der Waals surface area (Å²) in [6, 6.07) is 11.0. The molecule has 1 heterocycles. The standard InChI is InChI=1S/C17H17ClN2O4S/c1-24-16-9-8-12(11-15(16)20-10-4-7-17(20)21)25(22,23)19-14-6-3-2-5-13(14)18/h2-3,5-6,8-9,11,19H,4,7,10H2,1H3. The van der Waals surface area contributed by atoms with E-state index in [0.29, 0.717) is 35.1 Å². The van der Waals surface area contributed by atoms with E-state index >= 15 is 0 Å². The van der Waals surface area contributed by atoms with Gasteiger partial charge in [-0.3, -0.25) is 9.52 Å². The van der Waals surface area contributed by atoms with Crippen LogP contribution in [0.5, 0.6) is 5.75 Å². The molecule has 25 heavy (non-hydrogen) atoms. The Balaban J connectivity index is 1.99. The van der Waals surface area contributed by atoms with Gasteiger partial charge in [-0.15, -0.1) is 0 Å². The van der Waals surface area contributed by atoms with Crippen molar-refractivity contribution in [2.24, 2.45) is 0 Å². The molecular formula is C17H17ClN2O4S. The Morgan fingerprint density at radius 1 is 1.20 bits per heavy atom. The van der Waals surface area contributed by atoms with Crippen molar-refractivity contribution in [3.8, 4) is 5.75 Å². The van der Waals surface area contributed by atoms with Gasteiger partial charge < -0.3 is 9.64 Å². The average molecular weight is 381 g/mol. The molecule has 0 unspecified atom stereocenters. The van der Waals surface area contributed by atoms with Gasteiger partial charge in [-0.1, -0.05) is 23.7 Å². The van der Waals surface area contributed by atoms with Crippen LogP contribution in [0.4, 0.5) is 11.4 Å². The first-order chi connectivity index (χ1) is 11.9. The molecule has 1 aliphatic heterocycles. The van der Waals surface area contributed by atoms with Crippen LogP contribution in [0, 0.1) is 0 Å². The summed E-state index contributed by atoms with van der Waals surface area (Å²) in [5.41, 5.74) is 0.741. The number of rotatable bonds is 5. The maximum Gasteiger partial charge on any atom is 0.262 e. The maximum atomic E-state index is 12.7. The largest absolute Gasteiger partial charge is 0.495 e. The summed E-state index contributed by atoms with van der Waals surface area (Å²) in [4.78, 5) is 13.6. The number of ether oxygens (including phenoxy) is 1. The third-order valence-corrected chi connectivity index (χ3v) is 5.64. The van der Waals surface area contributed by atoms with Gasteiger partial charge in [-0.05, 0) is 36.8 Å². The minimum Gasteiger partial charge on any atom is -0.495 e. The summed E-state index contributed by atoms with van der Waals surface area (Å²) in [5, 5.41) is 0.300. The van der Waals surface area contributed by atoms with Crippen LogP contribution >= 0.6 is 11.6 Å². The van der Waals surface area contributed by atoms with E-state index in [1.54, 1.807) is 35.2 Å². The topological polar surface area (TPSA) is 75.7 Å². The lowest BCUT2D eigenvalue weighted by Crippen LogP contribution is -2.25. The number of carbonyl (C=O) groups is 1. The lowest BCUT2D eigenvalue weighted by molar-refractivity contribution is -0.117. The molecule has 8 heteroatoms. The number of nitrogens with one attached hydrogen (secondary N) is 1. The highest BCUT2D eigenvalue weighted by molar-refractivity contribution is 7.92. The van der Waals surface area contributed by atoms with Gasteiger partial charge in [0.15, 0.2) is 0 Å². The summed E-state index contributed by atoms with van der Waals surface area (Å²) < 4.78 is 33.1. The maximum absolute atomic E-state index is 12.7. The highest BCUT2D eigenvalue weighted by Crippen LogP contribution is 2.34. The van der Waals surface area contributed by atoms with E-state index in [0.717, 1.165) is 6.42 Å². The van der Waals surface area contributed by atoms with Crippen molar-refractivity contribution < 1.29 is 17.9 Å². The van der Waals surface area contributed by atoms with Gasteiger partial charge in [0.25, 0.3) is 10.0 Å². The summed E-state index contributed by atoms with van der Waals surface area (Å²) in [6.45, 7) is 0.538. The number of hydrogen-bond acceptors (Lipinski definition) is 4. The van der Waals surface area contributed by atoms with Gasteiger partial charge in [-0.25, -0.2) is 8.42 Å². The Hall–Kier alpha value is -2.25. The number of hydrogen-bond donors (Lipinski definition) is 1. The normalized spacial score (nSPS) is 14.6. The fourth-order valence-corrected chi connectivity index (χ4v) is 4.04. The van der Waals surface area contributed by atoms with Gasteiger partial charge in [0, 0.05) is 13.0 Å². The van der Waals surface area contributed by atoms with Crippen LogP contribution in [0.15, 0.2) is 47.4 Å². The van der Waals surface area contributed by atoms with Gasteiger partial charge in [-0.2, -0.15) is 0 Å². The minimum atomic E-state index is -3.86. The summed E-state index contributed by atoms with van der Waals surface area (Å²) in [6.07, 6.45) is 1.18. The molecule has 1 N–H and O–H groups in total. The van der Waals surface area contributed by atoms with Crippen molar-refractivity contribution >= 4 is 38.9 Å². The van der Waals surface area contributed by atoms with Crippen molar-refractivity contribution in [3.63, 3.8) is 0 Å². The zero-order chi connectivity index (χ0) is 18.0. The number of para-hydroxylation sites is 1. The van der Waals surface area contributed by atoms with Crippen LogP contribution in [-0.2, 0) is 14.8 Å². The van der Waals surface area contributed by atoms with Crippen molar-refractivity contribution in [3.05, 3.63) is 47.5 Å². The number of amides is 1. The predicted molar refractivity (Wildman–Crippen MR) is 96.8 cm³/mol. The van der Waals surface area contributed by atoms with Crippen LogP contribution < -0.4 is 14.4 Å². The molecule has 3 rings (SSSR count). The highest BCUT2D eigenvalue weighted by Gasteiger charge is 2.26. The number of methoxy groups -OCH3 is 1. The first kappa shape index (κ1) is 17.6. The van der Waals surface area contributed by atoms with Crippen molar-refractivity contribution in [1.29, 1.82) is 0 Å². The molecule has 0 bridgehead atoms. The molecule has 0 aromatic heterocycles. The third-order valence-electron chi connectivity index (χ3n) is 3.94. The molecule has 1 amide bonds. The molecule has 1 fully saturated rings. The average Bonchev–Trinajstić information content (AvgIpc) is 3.02. The minimum absolute atomic E-state index is 0.0305. The molecule has 1 saturated heterocycles. The molecule has 0 radical (unpaired) electrons. The quantitative estimate of drug-likeness (QED) is 0.863. The van der Waals surface area contributed by atoms with E-state index in [1.807, 2.05) is 0 Å². The van der Waals surface area contributed by atoms with Crippen molar-refractivity contribution in [1.82, 2.24) is 0 Å². The molecule has 2 aromatic rings. The van der Waals surface area contributed by atoms with Crippen molar-refractivity contribution in [2.45, 2.75) is 17.7 Å². The molecule has 0 aliphatic carbocycles. The molecule has 0 saturated carbocycles. The lowest BCUT2D eigenvalue weighted by atomic mass is 10.2. The molecule has 0 spiro atoms. The van der Waals surface area contributed by atoms with E-state index in [9.17, 15) is 13.2 Å². The number of benzene rings is 2. The lowest BCUT2D eigenvalue weighted by Gasteiger charge is -2.20. The summed E-state index contributed by atoms with van der Waals surface area (Å²) in [5.74, 6) is 0.402. The Bertz CT molecular complexity index is 915. The van der Waals surface area contributed by atoms with Crippen LogP contribution in [-0.4, -0.2) is 28.0 Å². The molecule has 6 nitrogen and oxygen atoms in total. The van der Waals surface area contributed by atoms with E-state index < -0.39 is 10.0 Å². The van der Waals surface area contributed by atoms with Crippen LogP contribution in [0.1, 0.15) is 12.8 Å². The van der Waals surface area contributed by atoms with Crippen LogP contribution in [0.25, 0.3) is 0 Å². The number of carbonyl (C=O) groups excluding carboxylic acids is 1. The molecule has 2 aromatic carbocycles. The fourth-order valence-electron chi connectivity index (χ4n) is 2.70. The molecule has 0 atom stereocenters. The van der Waals surface area contributed by atoms with Gasteiger partial charge in [0.2, 0.25) is 5.91 Å². The van der Waals surface area contributed by atoms with E-state index in [4.69, 9.17) is 16.3 Å². The second kappa shape index (κ2) is 6.93. The molecule has 1 aliphatic rings. The number of halogens is 1. The zero-order valence-corrected chi connectivity index (χ0v) is 15.1. The van der Waals surface area contributed by atoms with Gasteiger partial charge >= 0.3 is 0 Å². The number of anilines is 2. The first-order valence-corrected chi connectivity index (χ1v) is 9.54. The predicted octanol–water partition coefficient (Wildman–Crippen LogP) is 3.28. The first-order valence-electron chi connectivity index (χ1n) is 7.68. The summed E-state index contributed by atoms with van der Waals surface area (Å²) >= 11 is 6.02. The van der Waals surface area contributed by atoms with E-state index in [1.165, 1.54) is 19.2 Å². The number of nitrogens with zero attached hydrogens (tertiary/aromatic N) is 1. The second-order valence-corrected chi connectivity index (χ2v) is 7.66. The Morgan fingerprint density at radius 2 is 1.96 bits per heavy atom. The third kappa shape index (κ3) is 3.57. The smallest absolute Gasteiger partial charge is 0.262 e. The monoisotopic (exact) mass is 380 g/mol. The van der Waals surface area contributed by atoms with Crippen LogP contribution in [0.2, 0.25) is 5.02 Å². The molecule has 132 valence electrons. The van der Waals surface area contributed by atoms with Gasteiger partial charge in [0.05, 0.1) is 28.4 Å². The van der Waals surface area contributed by atoms with E-state index in [2.05, 4.69) is 4.72 Å². The second-order valence-electron chi connectivity index (χ2n) is 5.57. The Labute approximate surface area is 151 Å². The van der Waals surface area contributed by atoms with Gasteiger partial charge in [0.1, 0.15) is 5.75 Å². The summed E-state index contributed by atoms with van der Waals surface area (Å²) in [7, 11) is -2.38. The SMILES string of the molecule is COc1ccc(S(=O)(=O)Nc2ccccc2Cl)cc1N1CCCC1=O. The highest BCUT2D eigenvalue weighted by atomic mass is 35.5. The van der Waals surface area contributed by atoms with Crippen LogP contribution in [0.3, 0.4) is 0 Å². The Morgan fingerprint density at radius 3 is 2.60 bits per heavy atom. The Kier molecular flexibility index (Phi) is 4.87. The fraction of sp³-hybridized carbons (Fsp3) is 0.235. The zero-order valence-electron chi connectivity index (χ0n) is 13.5. The number of sulfonamides is 1. The molecular weight excluding hydrogens is 364 g/mol. The van der Waals surface area contributed by atoms with Crippen molar-refractivity contribution in [2.75, 3.05) is 23.3 Å².